The number of carbonyl (C=O) groups is 1. The second kappa shape index (κ2) is 11.5. The minimum atomic E-state index is -1.39. The molecule has 39 heavy (non-hydrogen) atoms. The summed E-state index contributed by atoms with van der Waals surface area (Å²) < 4.78 is 16.3. The lowest BCUT2D eigenvalue weighted by Gasteiger charge is -2.40. The summed E-state index contributed by atoms with van der Waals surface area (Å²) in [6, 6.07) is 10.8. The van der Waals surface area contributed by atoms with Gasteiger partial charge in [0.15, 0.2) is 0 Å². The molecule has 1 saturated heterocycles. The summed E-state index contributed by atoms with van der Waals surface area (Å²) in [4.78, 5) is 17.5. The van der Waals surface area contributed by atoms with E-state index in [4.69, 9.17) is 0 Å². The number of piperazine rings is 1. The Morgan fingerprint density at radius 1 is 1.18 bits per heavy atom. The lowest BCUT2D eigenvalue weighted by molar-refractivity contribution is -0.133. The van der Waals surface area contributed by atoms with Crippen molar-refractivity contribution in [2.75, 3.05) is 42.6 Å². The molecule has 1 aliphatic carbocycles. The molecule has 0 radical (unpaired) electrons. The normalized spacial score (nSPS) is 20.8. The molecule has 2 aromatic carbocycles. The maximum atomic E-state index is 15.3. The number of hydrazone groups is 1. The van der Waals surface area contributed by atoms with Gasteiger partial charge in [-0.3, -0.25) is 10.3 Å². The first-order valence-electron chi connectivity index (χ1n) is 12.9. The van der Waals surface area contributed by atoms with Gasteiger partial charge in [-0.05, 0) is 43.2 Å². The molecule has 11 heteroatoms. The summed E-state index contributed by atoms with van der Waals surface area (Å²) >= 11 is 3.42. The number of hydrogen-bond donors (Lipinski definition) is 4. The quantitative estimate of drug-likeness (QED) is 0.257. The Hall–Kier alpha value is -3.25. The summed E-state index contributed by atoms with van der Waals surface area (Å²) in [6.07, 6.45) is 3.15. The molecule has 0 spiro atoms. The van der Waals surface area contributed by atoms with Gasteiger partial charge in [-0.1, -0.05) is 34.6 Å². The molecule has 1 saturated carbocycles. The number of aliphatic hydroxyl groups excluding tert-OH is 2. The first-order valence-corrected chi connectivity index (χ1v) is 13.7. The third-order valence-corrected chi connectivity index (χ3v) is 7.89. The first-order chi connectivity index (χ1) is 18.8. The van der Waals surface area contributed by atoms with Crippen molar-refractivity contribution in [1.29, 1.82) is 0 Å². The van der Waals surface area contributed by atoms with Gasteiger partial charge in [-0.2, -0.15) is 5.10 Å². The number of fused-ring (bicyclic) bond motifs is 1. The van der Waals surface area contributed by atoms with Crippen LogP contribution in [0.4, 0.5) is 15.8 Å². The Bertz CT molecular complexity index is 1310. The Balaban J connectivity index is 1.29. The summed E-state index contributed by atoms with van der Waals surface area (Å²) in [5.74, 6) is -1.72. The van der Waals surface area contributed by atoms with Gasteiger partial charge in [0.05, 0.1) is 23.6 Å². The van der Waals surface area contributed by atoms with E-state index in [0.29, 0.717) is 43.3 Å². The molecule has 206 valence electrons. The molecule has 0 bridgehead atoms. The first kappa shape index (κ1) is 27.3. The van der Waals surface area contributed by atoms with Gasteiger partial charge in [0.25, 0.3) is 0 Å². The van der Waals surface area contributed by atoms with Crippen LogP contribution in [0.15, 0.2) is 70.4 Å². The van der Waals surface area contributed by atoms with E-state index < -0.39 is 24.1 Å². The van der Waals surface area contributed by atoms with Crippen molar-refractivity contribution in [2.24, 2.45) is 5.10 Å². The van der Waals surface area contributed by atoms with Crippen LogP contribution in [0.1, 0.15) is 30.1 Å². The Morgan fingerprint density at radius 3 is 2.46 bits per heavy atom. The summed E-state index contributed by atoms with van der Waals surface area (Å²) in [6.45, 7) is 5.83. The highest BCUT2D eigenvalue weighted by Gasteiger charge is 2.38. The number of halogens is 2. The maximum absolute atomic E-state index is 15.3. The Labute approximate surface area is 234 Å². The van der Waals surface area contributed by atoms with Crippen LogP contribution in [0.25, 0.3) is 0 Å². The summed E-state index contributed by atoms with van der Waals surface area (Å²) in [5.41, 5.74) is 5.77. The third-order valence-electron chi connectivity index (χ3n) is 7.36. The fraction of sp³-hybridized carbons (Fsp3) is 0.357. The number of anilines is 2. The van der Waals surface area contributed by atoms with E-state index in [9.17, 15) is 20.1 Å². The number of nitrogens with one attached hydrogen (secondary N) is 1. The summed E-state index contributed by atoms with van der Waals surface area (Å²) in [7, 11) is 0. The van der Waals surface area contributed by atoms with Gasteiger partial charge in [-0.25, -0.2) is 9.18 Å². The van der Waals surface area contributed by atoms with Crippen LogP contribution in [0.2, 0.25) is 0 Å². The van der Waals surface area contributed by atoms with Crippen LogP contribution in [0.3, 0.4) is 0 Å². The molecule has 4 N–H and O–H groups in total. The molecule has 2 aliphatic heterocycles. The average Bonchev–Trinajstić information content (AvgIpc) is 3.78. The molecule has 2 unspecified atom stereocenters. The molecule has 9 nitrogen and oxygen atoms in total. The number of allylic oxidation sites excluding steroid dienone is 1. The standard InChI is InChI=1S/C28H31BrFN5O4/c1-2-23(17-3-5-18(29)6-4-17)31-32-26(16-36)34-11-9-33(10-12-34)25-14-24-20(13-22(25)30)27(37)21(28(38)39)15-35(24)19-7-8-19/h2-6,13-15,19,26-27,32,36-37H,1,7-12,16H2,(H,38,39)/b31-23+. The van der Waals surface area contributed by atoms with E-state index >= 15 is 4.39 Å². The molecule has 3 aliphatic rings. The van der Waals surface area contributed by atoms with Crippen LogP contribution in [0, 0.1) is 5.82 Å². The predicted octanol–water partition coefficient (Wildman–Crippen LogP) is 3.19. The fourth-order valence-electron chi connectivity index (χ4n) is 5.04. The van der Waals surface area contributed by atoms with Crippen LogP contribution >= 0.6 is 15.9 Å². The Kier molecular flexibility index (Phi) is 8.03. The van der Waals surface area contributed by atoms with Gasteiger partial charge >= 0.3 is 5.97 Å². The second-order valence-corrected chi connectivity index (χ2v) is 10.8. The maximum Gasteiger partial charge on any atom is 0.336 e. The highest BCUT2D eigenvalue weighted by molar-refractivity contribution is 9.10. The van der Waals surface area contributed by atoms with Crippen LogP contribution in [-0.4, -0.2) is 76.9 Å². The molecule has 2 atom stereocenters. The van der Waals surface area contributed by atoms with Gasteiger partial charge in [0.2, 0.25) is 0 Å². The van der Waals surface area contributed by atoms with Gasteiger partial charge in [0, 0.05) is 59.7 Å². The van der Waals surface area contributed by atoms with Crippen molar-refractivity contribution in [3.05, 3.63) is 82.2 Å². The number of aliphatic carboxylic acids is 1. The van der Waals surface area contributed by atoms with E-state index in [1.165, 1.54) is 12.3 Å². The molecule has 0 aromatic heterocycles. The lowest BCUT2D eigenvalue weighted by atomic mass is 9.95. The summed E-state index contributed by atoms with van der Waals surface area (Å²) in [5, 5.41) is 34.7. The predicted molar refractivity (Wildman–Crippen MR) is 151 cm³/mol. The van der Waals surface area contributed by atoms with Crippen LogP contribution < -0.4 is 15.2 Å². The van der Waals surface area contributed by atoms with Crippen LogP contribution in [0.5, 0.6) is 0 Å². The number of nitrogens with zero attached hydrogens (tertiary/aromatic N) is 4. The van der Waals surface area contributed by atoms with E-state index in [1.54, 1.807) is 12.1 Å². The number of hydrogen-bond acceptors (Lipinski definition) is 8. The highest BCUT2D eigenvalue weighted by Crippen LogP contribution is 2.44. The van der Waals surface area contributed by atoms with Crippen molar-refractivity contribution >= 4 is 39.0 Å². The van der Waals surface area contributed by atoms with Crippen molar-refractivity contribution in [1.82, 2.24) is 10.3 Å². The van der Waals surface area contributed by atoms with Gasteiger partial charge in [-0.15, -0.1) is 0 Å². The lowest BCUT2D eigenvalue weighted by Crippen LogP contribution is -2.55. The SMILES string of the molecule is C=C/C(=N\NC(CO)N1CCN(c2cc3c(cc2F)C(O)C(C(=O)O)=CN3C2CC2)CC1)c1ccc(Br)cc1. The molecule has 0 amide bonds. The van der Waals surface area contributed by atoms with Crippen LogP contribution in [-0.2, 0) is 4.79 Å². The number of carboxylic acid groups (broad SMARTS) is 1. The van der Waals surface area contributed by atoms with Crippen molar-refractivity contribution in [3.63, 3.8) is 0 Å². The second-order valence-electron chi connectivity index (χ2n) is 9.85. The number of benzene rings is 2. The molecule has 2 heterocycles. The number of rotatable bonds is 9. The van der Waals surface area contributed by atoms with Crippen molar-refractivity contribution in [2.45, 2.75) is 31.2 Å². The Morgan fingerprint density at radius 2 is 1.87 bits per heavy atom. The number of carboxylic acids is 1. The molecule has 2 fully saturated rings. The topological polar surface area (TPSA) is 112 Å². The van der Waals surface area contributed by atoms with E-state index in [1.807, 2.05) is 34.1 Å². The minimum Gasteiger partial charge on any atom is -0.478 e. The number of aliphatic hydroxyl groups is 2. The zero-order valence-corrected chi connectivity index (χ0v) is 22.9. The van der Waals surface area contributed by atoms with Crippen molar-refractivity contribution in [3.8, 4) is 0 Å². The molecular formula is C28H31BrFN5O4. The third kappa shape index (κ3) is 5.72. The smallest absolute Gasteiger partial charge is 0.336 e. The zero-order chi connectivity index (χ0) is 27.7. The molecule has 2 aromatic rings. The fourth-order valence-corrected chi connectivity index (χ4v) is 5.31. The minimum absolute atomic E-state index is 0.149. The van der Waals surface area contributed by atoms with E-state index in [-0.39, 0.29) is 23.8 Å². The molecular weight excluding hydrogens is 569 g/mol. The van der Waals surface area contributed by atoms with Crippen molar-refractivity contribution < 1.29 is 24.5 Å². The van der Waals surface area contributed by atoms with E-state index in [2.05, 4.69) is 37.9 Å². The molecule has 5 rings (SSSR count). The zero-order valence-electron chi connectivity index (χ0n) is 21.3. The van der Waals surface area contributed by atoms with Gasteiger partial charge in [0.1, 0.15) is 18.1 Å². The highest BCUT2D eigenvalue weighted by atomic mass is 79.9. The average molecular weight is 600 g/mol. The largest absolute Gasteiger partial charge is 0.478 e. The van der Waals surface area contributed by atoms with E-state index in [0.717, 1.165) is 22.9 Å². The van der Waals surface area contributed by atoms with Gasteiger partial charge < -0.3 is 25.1 Å². The monoisotopic (exact) mass is 599 g/mol.